The molecule has 4 saturated heterocycles. The molecule has 0 amide bonds. The minimum absolute atomic E-state index is 0.0439. The topological polar surface area (TPSA) is 97.2 Å². The van der Waals surface area contributed by atoms with E-state index in [0.29, 0.717) is 0 Å². The first kappa shape index (κ1) is 37.0. The minimum Gasteiger partial charge on any atom is -0.390 e. The maximum absolute atomic E-state index is 10.7. The van der Waals surface area contributed by atoms with E-state index < -0.39 is 12.4 Å². The fraction of sp³-hybridized carbons (Fsp3) is 1.00. The zero-order valence-corrected chi connectivity index (χ0v) is 31.5. The predicted octanol–water partition coefficient (Wildman–Crippen LogP) is 7.25. The zero-order chi connectivity index (χ0) is 34.7. The van der Waals surface area contributed by atoms with Gasteiger partial charge in [0.25, 0.3) is 0 Å². The van der Waals surface area contributed by atoms with E-state index >= 15 is 0 Å². The fourth-order valence-corrected chi connectivity index (χ4v) is 8.67. The van der Waals surface area contributed by atoms with Gasteiger partial charge in [-0.15, -0.1) is 0 Å². The second-order valence-corrected chi connectivity index (χ2v) is 15.3. The summed E-state index contributed by atoms with van der Waals surface area (Å²) in [5.74, 6) is 0.785. The van der Waals surface area contributed by atoms with Gasteiger partial charge in [0, 0.05) is 23.7 Å². The molecule has 9 nitrogen and oxygen atoms in total. The van der Waals surface area contributed by atoms with Crippen LogP contribution in [0.15, 0.2) is 4.74 Å². The van der Waals surface area contributed by atoms with Crippen molar-refractivity contribution < 1.29 is 38.3 Å². The number of ether oxygens (including phenoxy) is 7. The lowest BCUT2D eigenvalue weighted by atomic mass is 9.81. The summed E-state index contributed by atoms with van der Waals surface area (Å²) in [5, 5.41) is 10.7. The van der Waals surface area contributed by atoms with Crippen LogP contribution >= 0.6 is 8.98 Å². The van der Waals surface area contributed by atoms with E-state index in [9.17, 15) is 5.11 Å². The van der Waals surface area contributed by atoms with Crippen molar-refractivity contribution in [1.29, 1.82) is 1.28 Å². The summed E-state index contributed by atoms with van der Waals surface area (Å²) in [6, 6.07) is -0.0847. The Morgan fingerprint density at radius 1 is 0.543 bits per heavy atom. The van der Waals surface area contributed by atoms with Crippen molar-refractivity contribution in [2.75, 3.05) is 0 Å². The van der Waals surface area contributed by atoms with Crippen molar-refractivity contribution in [3.05, 3.63) is 0 Å². The number of rotatable bonds is 11. The summed E-state index contributed by atoms with van der Waals surface area (Å²) in [4.78, 5) is 0. The Morgan fingerprint density at radius 3 is 1.33 bits per heavy atom. The molecule has 4 aliphatic heterocycles. The van der Waals surface area contributed by atoms with E-state index in [4.69, 9.17) is 34.4 Å². The number of nitrogens with zero attached hydrogens (tertiary/aromatic N) is 1. The fourth-order valence-electron chi connectivity index (χ4n) is 8.28. The molecule has 0 radical (unpaired) electrons. The maximum Gasteiger partial charge on any atom is 0.161 e. The summed E-state index contributed by atoms with van der Waals surface area (Å²) in [5.41, 5.74) is 0. The van der Waals surface area contributed by atoms with E-state index in [1.54, 1.807) is 0 Å². The number of aliphatic hydroxyl groups is 1. The SMILES string of the molecule is [4H]/P=N\[C@H]1C(C)[C@H](O[C@@H]2OC(CC)[C@@H](O[C@@H]3OC(CC)[C@@H](O[C@@H]4OC(CC)[C@@H](O)C(C)[C@@H]4C)C(C)[C@@H]3C)C(C)[C@@H]2C)C(CC)O[C@H]1C. The van der Waals surface area contributed by atoms with Gasteiger partial charge >= 0.3 is 0 Å². The van der Waals surface area contributed by atoms with Crippen molar-refractivity contribution in [2.45, 2.75) is 189 Å². The molecule has 0 bridgehead atoms. The molecule has 4 heterocycles. The summed E-state index contributed by atoms with van der Waals surface area (Å²) < 4.78 is 58.8. The highest BCUT2D eigenvalue weighted by Crippen LogP contribution is 2.43. The molecule has 0 aromatic heterocycles. The highest BCUT2D eigenvalue weighted by molar-refractivity contribution is 7.04. The minimum atomic E-state index is -0.482. The molecule has 4 fully saturated rings. The van der Waals surface area contributed by atoms with Crippen molar-refractivity contribution in [2.24, 2.45) is 46.2 Å². The Labute approximate surface area is 283 Å². The Kier molecular flexibility index (Phi) is 13.4. The Hall–Kier alpha value is -0.220. The van der Waals surface area contributed by atoms with Gasteiger partial charge < -0.3 is 38.3 Å². The standard InChI is InChI=1S/C36H66NO8P/c1-13-25-30(38)17(5)20(8)34(40-25)43-31-18(6)21(9)35(41-27(31)15-3)44-32-19(7)22(10)36(42-28(32)16-4)45-33-23(11)29(37-46)24(12)39-26(33)14-2/h17-36,38,46H,13-16H2,1-12H3/t17?,18?,19?,20-,21-,22-,23?,24-,25?,26?,27?,28?,29-,30-,31-,32-,33-,34-,35-,36-/m0/s1. The monoisotopic (exact) mass is 674 g/mol. The Bertz CT molecular complexity index is 991. The average molecular weight is 675 g/mol. The van der Waals surface area contributed by atoms with Crippen molar-refractivity contribution in [3.63, 3.8) is 0 Å². The van der Waals surface area contributed by atoms with E-state index in [-0.39, 0.29) is 118 Å². The third kappa shape index (κ3) is 7.73. The van der Waals surface area contributed by atoms with Gasteiger partial charge in [-0.05, 0) is 59.3 Å². The van der Waals surface area contributed by atoms with Crippen molar-refractivity contribution in [1.82, 2.24) is 0 Å². The lowest BCUT2D eigenvalue weighted by molar-refractivity contribution is -0.355. The van der Waals surface area contributed by atoms with Gasteiger partial charge in [-0.3, -0.25) is 4.74 Å². The van der Waals surface area contributed by atoms with E-state index in [1.165, 1.54) is 0 Å². The van der Waals surface area contributed by atoms with Gasteiger partial charge in [0.15, 0.2) is 18.9 Å². The summed E-state index contributed by atoms with van der Waals surface area (Å²) in [6.45, 7) is 25.8. The van der Waals surface area contributed by atoms with Crippen molar-refractivity contribution in [3.8, 4) is 0 Å². The Morgan fingerprint density at radius 2 is 0.913 bits per heavy atom. The smallest absolute Gasteiger partial charge is 0.161 e. The maximum atomic E-state index is 10.7. The molecular weight excluding hydrogens is 605 g/mol. The lowest BCUT2D eigenvalue weighted by Gasteiger charge is -2.51. The third-order valence-electron chi connectivity index (χ3n) is 12.3. The van der Waals surface area contributed by atoms with E-state index in [1.807, 2.05) is 6.92 Å². The van der Waals surface area contributed by atoms with Crippen LogP contribution in [0.25, 0.3) is 0 Å². The van der Waals surface area contributed by atoms with Crippen LogP contribution in [0.3, 0.4) is 0 Å². The van der Waals surface area contributed by atoms with E-state index in [0.717, 1.165) is 25.7 Å². The first-order valence-corrected chi connectivity index (χ1v) is 18.8. The molecule has 1 N–H and O–H groups in total. The normalized spacial score (nSPS) is 52.5. The first-order valence-electron chi connectivity index (χ1n) is 18.9. The first-order chi connectivity index (χ1) is 22.3. The third-order valence-corrected chi connectivity index (χ3v) is 12.6. The van der Waals surface area contributed by atoms with Crippen LogP contribution in [0, 0.1) is 41.4 Å². The van der Waals surface area contributed by atoms with Gasteiger partial charge in [-0.2, -0.15) is 0 Å². The summed E-state index contributed by atoms with van der Waals surface area (Å²) in [7, 11) is 0.272. The van der Waals surface area contributed by atoms with Gasteiger partial charge in [0.1, 0.15) is 1.28 Å². The number of hydrogen-bond donors (Lipinski definition) is 1. The van der Waals surface area contributed by atoms with Gasteiger partial charge in [0.05, 0.1) is 61.0 Å². The van der Waals surface area contributed by atoms with Crippen LogP contribution in [0.4, 0.5) is 0 Å². The van der Waals surface area contributed by atoms with Gasteiger partial charge in [-0.1, -0.05) is 76.2 Å². The van der Waals surface area contributed by atoms with Crippen LogP contribution in [0.1, 0.15) is 109 Å². The number of aliphatic hydroxyl groups excluding tert-OH is 1. The van der Waals surface area contributed by atoms with Crippen LogP contribution < -0.4 is 0 Å². The second-order valence-electron chi connectivity index (χ2n) is 15.1. The van der Waals surface area contributed by atoms with Crippen LogP contribution in [-0.4, -0.2) is 86.2 Å². The molecule has 0 aliphatic carbocycles. The van der Waals surface area contributed by atoms with E-state index in [2.05, 4.69) is 80.9 Å². The largest absolute Gasteiger partial charge is 0.390 e. The summed E-state index contributed by atoms with van der Waals surface area (Å²) >= 11 is 0. The highest BCUT2D eigenvalue weighted by Gasteiger charge is 2.51. The van der Waals surface area contributed by atoms with Crippen LogP contribution in [-0.2, 0) is 33.2 Å². The predicted molar refractivity (Wildman–Crippen MR) is 181 cm³/mol. The molecule has 0 aromatic carbocycles. The molecule has 0 saturated carbocycles. The van der Waals surface area contributed by atoms with Crippen LogP contribution in [0.2, 0.25) is 0 Å². The quantitative estimate of drug-likeness (QED) is 0.229. The molecule has 4 aliphatic rings. The van der Waals surface area contributed by atoms with Crippen molar-refractivity contribution >= 4 is 8.98 Å². The molecular formula is C36H66NO8P. The molecule has 0 spiro atoms. The Balaban J connectivity index is 1.44. The zero-order valence-electron chi connectivity index (χ0n) is 31.6. The molecule has 46 heavy (non-hydrogen) atoms. The molecule has 8 unspecified atom stereocenters. The molecule has 268 valence electrons. The van der Waals surface area contributed by atoms with Gasteiger partial charge in [-0.25, -0.2) is 0 Å². The lowest BCUT2D eigenvalue weighted by Crippen LogP contribution is -2.59. The molecule has 10 heteroatoms. The second kappa shape index (κ2) is 16.7. The summed E-state index contributed by atoms with van der Waals surface area (Å²) in [6.07, 6.45) is 0.484. The van der Waals surface area contributed by atoms with Crippen LogP contribution in [0.5, 0.6) is 0 Å². The number of hydrogen-bond acceptors (Lipinski definition) is 9. The molecule has 0 aromatic rings. The highest BCUT2D eigenvalue weighted by atomic mass is 31.0. The molecule has 4 rings (SSSR count). The molecule has 20 atom stereocenters. The average Bonchev–Trinajstić information content (AvgIpc) is 3.06. The van der Waals surface area contributed by atoms with Gasteiger partial charge in [0.2, 0.25) is 0 Å².